The first-order valence-corrected chi connectivity index (χ1v) is 20.1. The maximum absolute atomic E-state index is 10.8. The molecule has 2 aromatic heterocycles. The molecular formula is C51H39N3. The number of benzene rings is 6. The van der Waals surface area contributed by atoms with Crippen molar-refractivity contribution < 1.29 is 0 Å². The third-order valence-electron chi connectivity index (χ3n) is 14.5. The molecule has 0 spiro atoms. The van der Waals surface area contributed by atoms with E-state index in [4.69, 9.17) is 0 Å². The first kappa shape index (κ1) is 30.6. The summed E-state index contributed by atoms with van der Waals surface area (Å²) in [5, 5.41) is 26.8. The molecule has 258 valence electrons. The second kappa shape index (κ2) is 11.1. The molecule has 0 atom stereocenters. The minimum absolute atomic E-state index is 0.449. The molecule has 0 saturated heterocycles. The molecule has 2 fully saturated rings. The highest BCUT2D eigenvalue weighted by molar-refractivity contribution is 6.26. The van der Waals surface area contributed by atoms with Gasteiger partial charge in [0.2, 0.25) is 0 Å². The molecule has 3 nitrogen and oxygen atoms in total. The number of rotatable bonds is 4. The molecule has 6 aromatic carbocycles. The Morgan fingerprint density at radius 3 is 1.15 bits per heavy atom. The largest absolute Gasteiger partial charge is 0.308 e. The van der Waals surface area contributed by atoms with Gasteiger partial charge in [-0.3, -0.25) is 0 Å². The molecule has 0 N–H and O–H groups in total. The van der Waals surface area contributed by atoms with Gasteiger partial charge in [-0.15, -0.1) is 0 Å². The molecule has 0 radical (unpaired) electrons. The van der Waals surface area contributed by atoms with Crippen LogP contribution in [-0.4, -0.2) is 4.40 Å². The van der Waals surface area contributed by atoms with E-state index in [1.807, 2.05) is 0 Å². The van der Waals surface area contributed by atoms with Crippen molar-refractivity contribution in [2.75, 3.05) is 0 Å². The Kier molecular flexibility index (Phi) is 6.26. The van der Waals surface area contributed by atoms with E-state index in [-0.39, 0.29) is 0 Å². The number of hydrogen-bond acceptors (Lipinski definition) is 2. The van der Waals surface area contributed by atoms with Crippen LogP contribution >= 0.6 is 0 Å². The van der Waals surface area contributed by atoms with E-state index in [1.165, 1.54) is 123 Å². The average molecular weight is 694 g/mol. The molecule has 2 saturated carbocycles. The lowest BCUT2D eigenvalue weighted by atomic mass is 9.63. The van der Waals surface area contributed by atoms with Gasteiger partial charge in [-0.1, -0.05) is 91.0 Å². The van der Waals surface area contributed by atoms with E-state index < -0.39 is 5.41 Å². The van der Waals surface area contributed by atoms with Crippen LogP contribution in [0.4, 0.5) is 0 Å². The number of nitrogens with zero attached hydrogens (tertiary/aromatic N) is 3. The lowest BCUT2D eigenvalue weighted by Crippen LogP contribution is -2.31. The second-order valence-electron chi connectivity index (χ2n) is 16.7. The van der Waals surface area contributed by atoms with Gasteiger partial charge < -0.3 is 4.40 Å². The molecular weight excluding hydrogens is 655 g/mol. The van der Waals surface area contributed by atoms with Gasteiger partial charge in [0.25, 0.3) is 0 Å². The van der Waals surface area contributed by atoms with Gasteiger partial charge >= 0.3 is 0 Å². The summed E-state index contributed by atoms with van der Waals surface area (Å²) in [4.78, 5) is 0. The predicted octanol–water partition coefficient (Wildman–Crippen LogP) is 12.5. The smallest absolute Gasteiger partial charge is 0.0995 e. The summed E-state index contributed by atoms with van der Waals surface area (Å²) in [6.45, 7) is 0. The van der Waals surface area contributed by atoms with Crippen LogP contribution in [0.1, 0.15) is 131 Å². The summed E-state index contributed by atoms with van der Waals surface area (Å²) in [5.41, 5.74) is 15.1. The summed E-state index contributed by atoms with van der Waals surface area (Å²) in [5.74, 6) is 1.82. The zero-order valence-corrected chi connectivity index (χ0v) is 30.3. The van der Waals surface area contributed by atoms with Crippen LogP contribution in [0.3, 0.4) is 0 Å². The van der Waals surface area contributed by atoms with Crippen LogP contribution < -0.4 is 0 Å². The maximum Gasteiger partial charge on any atom is 0.0995 e. The fourth-order valence-corrected chi connectivity index (χ4v) is 12.5. The van der Waals surface area contributed by atoms with Crippen molar-refractivity contribution in [2.24, 2.45) is 0 Å². The Morgan fingerprint density at radius 2 is 0.796 bits per heavy atom. The zero-order chi connectivity index (χ0) is 35.7. The third-order valence-corrected chi connectivity index (χ3v) is 14.5. The van der Waals surface area contributed by atoms with Crippen molar-refractivity contribution in [1.82, 2.24) is 4.40 Å². The molecule has 2 heterocycles. The first-order valence-electron chi connectivity index (χ1n) is 20.1. The van der Waals surface area contributed by atoms with Crippen molar-refractivity contribution in [2.45, 2.75) is 80.5 Å². The molecule has 0 aliphatic heterocycles. The molecule has 3 heteroatoms. The Morgan fingerprint density at radius 1 is 0.444 bits per heavy atom. The fraction of sp³-hybridized carbons (Fsp3) is 0.255. The van der Waals surface area contributed by atoms with Gasteiger partial charge in [0.1, 0.15) is 0 Å². The van der Waals surface area contributed by atoms with Crippen LogP contribution in [0.2, 0.25) is 0 Å². The third kappa shape index (κ3) is 3.75. The predicted molar refractivity (Wildman–Crippen MR) is 217 cm³/mol. The van der Waals surface area contributed by atoms with E-state index >= 15 is 0 Å². The van der Waals surface area contributed by atoms with Gasteiger partial charge in [-0.2, -0.15) is 10.5 Å². The van der Waals surface area contributed by atoms with Crippen molar-refractivity contribution in [3.05, 3.63) is 171 Å². The molecule has 14 rings (SSSR count). The highest BCUT2D eigenvalue weighted by Gasteiger charge is 2.43. The molecule has 54 heavy (non-hydrogen) atoms. The number of hydrogen-bond donors (Lipinski definition) is 0. The van der Waals surface area contributed by atoms with Crippen LogP contribution in [0.15, 0.2) is 115 Å². The van der Waals surface area contributed by atoms with Crippen LogP contribution in [0, 0.1) is 22.7 Å². The summed E-state index contributed by atoms with van der Waals surface area (Å²) in [6, 6.07) is 48.2. The highest BCUT2D eigenvalue weighted by Crippen LogP contribution is 2.59. The molecule has 6 aliphatic carbocycles. The molecule has 4 bridgehead atoms. The topological polar surface area (TPSA) is 52.0 Å². The summed E-state index contributed by atoms with van der Waals surface area (Å²) in [7, 11) is 0. The SMILES string of the molecule is N#Cc1cc2c(c3c1C1CCC3CC1)c1cc(C(c3ccccc3)(c3ccccc3)c3ccccc3)cc3c4c5c(c(C#N)cc4n2c13)C1CCC5CC1. The normalized spacial score (nSPS) is 21.4. The minimum atomic E-state index is -0.594. The summed E-state index contributed by atoms with van der Waals surface area (Å²) in [6.07, 6.45) is 9.46. The van der Waals surface area contributed by atoms with Crippen molar-refractivity contribution in [1.29, 1.82) is 10.5 Å². The van der Waals surface area contributed by atoms with Crippen molar-refractivity contribution in [3.8, 4) is 12.1 Å². The fourth-order valence-electron chi connectivity index (χ4n) is 12.5. The second-order valence-corrected chi connectivity index (χ2v) is 16.7. The summed E-state index contributed by atoms with van der Waals surface area (Å²) >= 11 is 0. The molecule has 0 amide bonds. The van der Waals surface area contributed by atoms with Gasteiger partial charge in [0.05, 0.1) is 45.2 Å². The van der Waals surface area contributed by atoms with Gasteiger partial charge in [-0.05, 0) is 144 Å². The van der Waals surface area contributed by atoms with Gasteiger partial charge in [-0.25, -0.2) is 0 Å². The molecule has 6 aliphatic rings. The standard InChI is InChI=1S/C51H39N3/c52-28-34-24-42-48(46-32-20-16-30(17-21-32)44(34)46)40-26-39(51(36-10-4-1-5-11-36,37-12-6-2-7-13-37)38-14-8-3-9-15-38)27-41-49-43(54(42)50(40)41)25-35(29-53)45-31-18-22-33(23-19-31)47(45)49/h1-15,24-27,30-33H,16-23H2. The summed E-state index contributed by atoms with van der Waals surface area (Å²) < 4.78 is 2.49. The van der Waals surface area contributed by atoms with E-state index in [0.29, 0.717) is 23.7 Å². The molecule has 0 unspecified atom stereocenters. The number of fused-ring (bicyclic) bond motifs is 10. The van der Waals surface area contributed by atoms with Crippen molar-refractivity contribution >= 4 is 38.1 Å². The first-order chi connectivity index (χ1) is 26.7. The Hall–Kier alpha value is -5.90. The van der Waals surface area contributed by atoms with Gasteiger partial charge in [0.15, 0.2) is 0 Å². The number of nitriles is 2. The Bertz CT molecular complexity index is 2680. The zero-order valence-electron chi connectivity index (χ0n) is 30.3. The lowest BCUT2D eigenvalue weighted by molar-refractivity contribution is 0.360. The quantitative estimate of drug-likeness (QED) is 0.172. The monoisotopic (exact) mass is 693 g/mol. The van der Waals surface area contributed by atoms with E-state index in [1.54, 1.807) is 0 Å². The Balaban J connectivity index is 1.34. The minimum Gasteiger partial charge on any atom is -0.308 e. The lowest BCUT2D eigenvalue weighted by Gasteiger charge is -2.40. The van der Waals surface area contributed by atoms with Crippen LogP contribution in [0.5, 0.6) is 0 Å². The van der Waals surface area contributed by atoms with E-state index in [9.17, 15) is 10.5 Å². The highest BCUT2D eigenvalue weighted by atomic mass is 14.9. The molecule has 8 aromatic rings. The van der Waals surface area contributed by atoms with Crippen molar-refractivity contribution in [3.63, 3.8) is 0 Å². The van der Waals surface area contributed by atoms with E-state index in [0.717, 1.165) is 22.2 Å². The Labute approximate surface area is 315 Å². The number of aromatic nitrogens is 1. The van der Waals surface area contributed by atoms with Crippen LogP contribution in [0.25, 0.3) is 38.1 Å². The maximum atomic E-state index is 10.8. The average Bonchev–Trinajstić information content (AvgIpc) is 3.77. The van der Waals surface area contributed by atoms with Gasteiger partial charge in [0, 0.05) is 21.5 Å². The van der Waals surface area contributed by atoms with E-state index in [2.05, 4.69) is 132 Å². The van der Waals surface area contributed by atoms with Crippen LogP contribution in [-0.2, 0) is 5.41 Å².